The van der Waals surface area contributed by atoms with Crippen LogP contribution >= 0.6 is 11.3 Å². The fourth-order valence-corrected chi connectivity index (χ4v) is 3.71. The molecule has 0 saturated carbocycles. The Balaban J connectivity index is 1.64. The van der Waals surface area contributed by atoms with E-state index in [1.807, 2.05) is 0 Å². The lowest BCUT2D eigenvalue weighted by molar-refractivity contribution is 0.0469. The summed E-state index contributed by atoms with van der Waals surface area (Å²) in [5.41, 5.74) is 0. The molecular formula is C17H20N2O4S. The van der Waals surface area contributed by atoms with Gasteiger partial charge in [0.15, 0.2) is 5.76 Å². The minimum atomic E-state index is -0.410. The number of amides is 2. The van der Waals surface area contributed by atoms with Gasteiger partial charge in [0.05, 0.1) is 22.2 Å². The summed E-state index contributed by atoms with van der Waals surface area (Å²) in [7, 11) is 0. The number of hydrogen-bond acceptors (Lipinski definition) is 5. The van der Waals surface area contributed by atoms with E-state index < -0.39 is 6.10 Å². The first-order valence-corrected chi connectivity index (χ1v) is 8.78. The van der Waals surface area contributed by atoms with Crippen molar-refractivity contribution in [2.45, 2.75) is 25.9 Å². The van der Waals surface area contributed by atoms with Crippen LogP contribution in [0.4, 0.5) is 5.00 Å². The quantitative estimate of drug-likeness (QED) is 0.890. The Morgan fingerprint density at radius 1 is 1.42 bits per heavy atom. The normalized spacial score (nSPS) is 19.1. The van der Waals surface area contributed by atoms with Crippen molar-refractivity contribution in [3.05, 3.63) is 41.2 Å². The van der Waals surface area contributed by atoms with Crippen LogP contribution in [0.15, 0.2) is 34.9 Å². The van der Waals surface area contributed by atoms with Crippen molar-refractivity contribution in [3.63, 3.8) is 0 Å². The van der Waals surface area contributed by atoms with E-state index in [9.17, 15) is 14.7 Å². The van der Waals surface area contributed by atoms with E-state index in [0.29, 0.717) is 23.0 Å². The molecule has 0 spiro atoms. The fourth-order valence-electron chi connectivity index (χ4n) is 2.85. The number of rotatable bonds is 4. The Kier molecular flexibility index (Phi) is 5.01. The van der Waals surface area contributed by atoms with E-state index in [1.165, 1.54) is 17.6 Å². The summed E-state index contributed by atoms with van der Waals surface area (Å²) < 4.78 is 5.04. The molecule has 3 rings (SSSR count). The molecule has 0 bridgehead atoms. The summed E-state index contributed by atoms with van der Waals surface area (Å²) in [5.74, 6) is -0.0373. The Bertz CT molecular complexity index is 708. The molecule has 0 aromatic carbocycles. The average Bonchev–Trinajstić information content (AvgIpc) is 3.26. The number of anilines is 1. The van der Waals surface area contributed by atoms with Gasteiger partial charge in [0.2, 0.25) is 0 Å². The van der Waals surface area contributed by atoms with Gasteiger partial charge in [-0.05, 0) is 44.0 Å². The smallest absolute Gasteiger partial charge is 0.291 e. The topological polar surface area (TPSA) is 82.8 Å². The number of thiophene rings is 1. The molecule has 1 aliphatic rings. The average molecular weight is 348 g/mol. The van der Waals surface area contributed by atoms with Crippen molar-refractivity contribution in [1.29, 1.82) is 0 Å². The van der Waals surface area contributed by atoms with Crippen LogP contribution in [0.25, 0.3) is 0 Å². The van der Waals surface area contributed by atoms with Crippen molar-refractivity contribution in [3.8, 4) is 0 Å². The highest BCUT2D eigenvalue weighted by molar-refractivity contribution is 7.18. The zero-order chi connectivity index (χ0) is 17.1. The highest BCUT2D eigenvalue weighted by Gasteiger charge is 2.27. The molecule has 24 heavy (non-hydrogen) atoms. The zero-order valence-electron chi connectivity index (χ0n) is 13.4. The van der Waals surface area contributed by atoms with Crippen molar-refractivity contribution in [2.75, 3.05) is 18.4 Å². The second-order valence-corrected chi connectivity index (χ2v) is 7.07. The molecule has 1 saturated heterocycles. The SMILES string of the molecule is CC(O)C1CCCN(C(=O)c2ccc(NC(=O)c3ccco3)s2)C1. The molecule has 1 fully saturated rings. The molecule has 1 aliphatic heterocycles. The molecule has 2 atom stereocenters. The van der Waals surface area contributed by atoms with E-state index in [2.05, 4.69) is 5.32 Å². The van der Waals surface area contributed by atoms with Crippen LogP contribution in [0.1, 0.15) is 40.0 Å². The summed E-state index contributed by atoms with van der Waals surface area (Å²) in [4.78, 5) is 26.9. The predicted molar refractivity (Wildman–Crippen MR) is 91.3 cm³/mol. The summed E-state index contributed by atoms with van der Waals surface area (Å²) in [6, 6.07) is 6.66. The summed E-state index contributed by atoms with van der Waals surface area (Å²) in [6.45, 7) is 3.04. The van der Waals surface area contributed by atoms with Crippen LogP contribution < -0.4 is 5.32 Å². The predicted octanol–water partition coefficient (Wildman–Crippen LogP) is 2.83. The van der Waals surface area contributed by atoms with Gasteiger partial charge in [-0.2, -0.15) is 0 Å². The third kappa shape index (κ3) is 3.68. The van der Waals surface area contributed by atoms with Gasteiger partial charge in [0, 0.05) is 19.0 Å². The maximum atomic E-state index is 12.6. The number of hydrogen-bond donors (Lipinski definition) is 2. The molecule has 0 radical (unpaired) electrons. The van der Waals surface area contributed by atoms with E-state index >= 15 is 0 Å². The van der Waals surface area contributed by atoms with Gasteiger partial charge in [-0.1, -0.05) is 0 Å². The standard InChI is InChI=1S/C17H20N2O4S/c1-11(20)12-4-2-8-19(10-12)17(22)14-6-7-15(24-14)18-16(21)13-5-3-9-23-13/h3,5-7,9,11-12,20H,2,4,8,10H2,1H3,(H,18,21). The molecule has 2 aromatic rings. The van der Waals surface area contributed by atoms with Crippen LogP contribution in [0, 0.1) is 5.92 Å². The summed E-state index contributed by atoms with van der Waals surface area (Å²) in [6.07, 6.45) is 2.87. The van der Waals surface area contributed by atoms with Crippen molar-refractivity contribution < 1.29 is 19.1 Å². The first-order chi connectivity index (χ1) is 11.5. The van der Waals surface area contributed by atoms with E-state index in [1.54, 1.807) is 36.1 Å². The van der Waals surface area contributed by atoms with Gasteiger partial charge in [0.25, 0.3) is 11.8 Å². The molecule has 128 valence electrons. The monoisotopic (exact) mass is 348 g/mol. The molecule has 2 amide bonds. The minimum Gasteiger partial charge on any atom is -0.459 e. The van der Waals surface area contributed by atoms with Gasteiger partial charge >= 0.3 is 0 Å². The number of aliphatic hydroxyl groups is 1. The van der Waals surface area contributed by atoms with Crippen LogP contribution in [0.3, 0.4) is 0 Å². The highest BCUT2D eigenvalue weighted by atomic mass is 32.1. The minimum absolute atomic E-state index is 0.0520. The summed E-state index contributed by atoms with van der Waals surface area (Å²) >= 11 is 1.24. The highest BCUT2D eigenvalue weighted by Crippen LogP contribution is 2.27. The molecule has 6 nitrogen and oxygen atoms in total. The number of piperidine rings is 1. The number of carbonyl (C=O) groups is 2. The Morgan fingerprint density at radius 3 is 2.96 bits per heavy atom. The Labute approximate surface area is 144 Å². The van der Waals surface area contributed by atoms with E-state index in [4.69, 9.17) is 4.42 Å². The van der Waals surface area contributed by atoms with Gasteiger partial charge in [-0.3, -0.25) is 9.59 Å². The lowest BCUT2D eigenvalue weighted by Gasteiger charge is -2.33. The number of aliphatic hydroxyl groups excluding tert-OH is 1. The van der Waals surface area contributed by atoms with Crippen LogP contribution in [0.2, 0.25) is 0 Å². The van der Waals surface area contributed by atoms with E-state index in [0.717, 1.165) is 12.8 Å². The van der Waals surface area contributed by atoms with Crippen molar-refractivity contribution >= 4 is 28.2 Å². The van der Waals surface area contributed by atoms with E-state index in [-0.39, 0.29) is 23.5 Å². The van der Waals surface area contributed by atoms with Crippen molar-refractivity contribution in [2.24, 2.45) is 5.92 Å². The van der Waals surface area contributed by atoms with Gasteiger partial charge in [-0.25, -0.2) is 0 Å². The third-order valence-electron chi connectivity index (χ3n) is 4.23. The van der Waals surface area contributed by atoms with Crippen molar-refractivity contribution in [1.82, 2.24) is 4.90 Å². The van der Waals surface area contributed by atoms with Crippen LogP contribution in [0.5, 0.6) is 0 Å². The maximum Gasteiger partial charge on any atom is 0.291 e. The molecule has 2 N–H and O–H groups in total. The molecule has 3 heterocycles. The number of nitrogens with zero attached hydrogens (tertiary/aromatic N) is 1. The molecule has 2 aromatic heterocycles. The largest absolute Gasteiger partial charge is 0.459 e. The maximum absolute atomic E-state index is 12.6. The number of carbonyl (C=O) groups excluding carboxylic acids is 2. The summed E-state index contributed by atoms with van der Waals surface area (Å²) in [5, 5.41) is 13.1. The van der Waals surface area contributed by atoms with Gasteiger partial charge < -0.3 is 19.7 Å². The van der Waals surface area contributed by atoms with Gasteiger partial charge in [0.1, 0.15) is 0 Å². The second-order valence-electron chi connectivity index (χ2n) is 5.99. The first kappa shape index (κ1) is 16.7. The lowest BCUT2D eigenvalue weighted by Crippen LogP contribution is -2.42. The third-order valence-corrected chi connectivity index (χ3v) is 5.21. The number of furan rings is 1. The molecule has 7 heteroatoms. The Hall–Kier alpha value is -2.12. The first-order valence-electron chi connectivity index (χ1n) is 7.96. The number of nitrogens with one attached hydrogen (secondary N) is 1. The zero-order valence-corrected chi connectivity index (χ0v) is 14.2. The second kappa shape index (κ2) is 7.19. The van der Waals surface area contributed by atoms with Crippen LogP contribution in [-0.2, 0) is 0 Å². The molecule has 0 aliphatic carbocycles. The molecule has 2 unspecified atom stereocenters. The Morgan fingerprint density at radius 2 is 2.25 bits per heavy atom. The fraction of sp³-hybridized carbons (Fsp3) is 0.412. The lowest BCUT2D eigenvalue weighted by atomic mass is 9.93. The molecular weight excluding hydrogens is 328 g/mol. The number of likely N-dealkylation sites (tertiary alicyclic amines) is 1. The van der Waals surface area contributed by atoms with Gasteiger partial charge in [-0.15, -0.1) is 11.3 Å². The van der Waals surface area contributed by atoms with Crippen LogP contribution in [-0.4, -0.2) is 41.0 Å².